The molecule has 0 saturated carbocycles. The molecule has 0 spiro atoms. The van der Waals surface area contributed by atoms with E-state index in [1.807, 2.05) is 47.8 Å². The molecule has 1 aromatic carbocycles. The number of anilines is 3. The summed E-state index contributed by atoms with van der Waals surface area (Å²) in [6.45, 7) is 5.84. The van der Waals surface area contributed by atoms with Crippen molar-refractivity contribution in [3.8, 4) is 11.1 Å². The Morgan fingerprint density at radius 1 is 1.12 bits per heavy atom. The third-order valence-corrected chi connectivity index (χ3v) is 5.73. The molecule has 3 aromatic heterocycles. The van der Waals surface area contributed by atoms with Gasteiger partial charge in [0.1, 0.15) is 17.7 Å². The number of aromatic nitrogens is 4. The molecule has 10 nitrogen and oxygen atoms in total. The predicted octanol–water partition coefficient (Wildman–Crippen LogP) is 3.16. The summed E-state index contributed by atoms with van der Waals surface area (Å²) in [5.74, 6) is 0.920. The number of nitrogen functional groups attached to an aromatic ring is 1. The van der Waals surface area contributed by atoms with E-state index in [1.165, 1.54) is 6.33 Å². The first-order valence-electron chi connectivity index (χ1n) is 11.1. The number of nitrogens with one attached hydrogen (secondary N) is 2. The zero-order valence-corrected chi connectivity index (χ0v) is 18.9. The molecule has 1 saturated heterocycles. The summed E-state index contributed by atoms with van der Waals surface area (Å²) in [6.07, 6.45) is 1.48. The van der Waals surface area contributed by atoms with Gasteiger partial charge in [-0.15, -0.1) is 0 Å². The van der Waals surface area contributed by atoms with E-state index in [4.69, 9.17) is 10.5 Å². The number of amides is 2. The highest BCUT2D eigenvalue weighted by Crippen LogP contribution is 2.31. The summed E-state index contributed by atoms with van der Waals surface area (Å²) < 4.78 is 7.33. The lowest BCUT2D eigenvalue weighted by Gasteiger charge is -2.26. The summed E-state index contributed by atoms with van der Waals surface area (Å²) in [5.41, 5.74) is 11.4. The van der Waals surface area contributed by atoms with Gasteiger partial charge in [-0.1, -0.05) is 18.2 Å². The molecule has 174 valence electrons. The van der Waals surface area contributed by atoms with E-state index in [-0.39, 0.29) is 6.03 Å². The molecule has 10 heteroatoms. The Morgan fingerprint density at radius 2 is 1.91 bits per heavy atom. The lowest BCUT2D eigenvalue weighted by Crippen LogP contribution is -2.36. The number of carbonyl (C=O) groups excluding carboxylic acids is 1. The molecule has 34 heavy (non-hydrogen) atoms. The Morgan fingerprint density at radius 3 is 2.68 bits per heavy atom. The average molecular weight is 459 g/mol. The van der Waals surface area contributed by atoms with Crippen molar-refractivity contribution in [3.05, 3.63) is 66.2 Å². The highest BCUT2D eigenvalue weighted by Gasteiger charge is 2.18. The number of aryl methyl sites for hydroxylation is 1. The number of rotatable bonds is 5. The van der Waals surface area contributed by atoms with E-state index in [1.54, 1.807) is 6.07 Å². The van der Waals surface area contributed by atoms with E-state index >= 15 is 0 Å². The zero-order valence-electron chi connectivity index (χ0n) is 18.9. The maximum Gasteiger partial charge on any atom is 0.324 e. The fourth-order valence-corrected chi connectivity index (χ4v) is 4.08. The molecule has 0 unspecified atom stereocenters. The number of carbonyl (C=O) groups is 1. The van der Waals surface area contributed by atoms with Crippen molar-refractivity contribution in [2.75, 3.05) is 42.7 Å². The number of urea groups is 1. The van der Waals surface area contributed by atoms with Gasteiger partial charge < -0.3 is 15.8 Å². The molecule has 0 radical (unpaired) electrons. The van der Waals surface area contributed by atoms with E-state index in [9.17, 15) is 4.79 Å². The lowest BCUT2D eigenvalue weighted by atomic mass is 10.1. The van der Waals surface area contributed by atoms with E-state index in [2.05, 4.69) is 36.7 Å². The Bertz CT molecular complexity index is 1310. The van der Waals surface area contributed by atoms with Crippen molar-refractivity contribution in [2.45, 2.75) is 13.5 Å². The molecule has 4 N–H and O–H groups in total. The molecule has 0 aliphatic carbocycles. The molecule has 0 atom stereocenters. The van der Waals surface area contributed by atoms with Gasteiger partial charge in [-0.05, 0) is 42.8 Å². The molecular formula is C24H26N8O2. The fraction of sp³-hybridized carbons (Fsp3) is 0.250. The number of hydrogen-bond donors (Lipinski definition) is 3. The number of ether oxygens (including phenoxy) is 1. The Hall–Kier alpha value is -4.02. The maximum absolute atomic E-state index is 12.3. The van der Waals surface area contributed by atoms with Crippen LogP contribution in [0.1, 0.15) is 11.4 Å². The van der Waals surface area contributed by atoms with Crippen LogP contribution >= 0.6 is 0 Å². The average Bonchev–Trinajstić information content (AvgIpc) is 3.20. The maximum atomic E-state index is 12.3. The van der Waals surface area contributed by atoms with Gasteiger partial charge in [0.2, 0.25) is 0 Å². The molecule has 4 aromatic rings. The number of pyridine rings is 1. The van der Waals surface area contributed by atoms with Gasteiger partial charge >= 0.3 is 6.03 Å². The first kappa shape index (κ1) is 21.8. The van der Waals surface area contributed by atoms with Gasteiger partial charge in [0.25, 0.3) is 0 Å². The highest BCUT2D eigenvalue weighted by atomic mass is 16.5. The Labute approximate surface area is 196 Å². The normalized spacial score (nSPS) is 14.3. The molecular weight excluding hydrogens is 432 g/mol. The van der Waals surface area contributed by atoms with Gasteiger partial charge in [0, 0.05) is 36.6 Å². The van der Waals surface area contributed by atoms with Gasteiger partial charge in [-0.3, -0.25) is 10.2 Å². The second kappa shape index (κ2) is 9.46. The molecule has 5 rings (SSSR count). The summed E-state index contributed by atoms with van der Waals surface area (Å²) in [4.78, 5) is 23.2. The largest absolute Gasteiger partial charge is 0.382 e. The van der Waals surface area contributed by atoms with Crippen molar-refractivity contribution in [1.29, 1.82) is 0 Å². The first-order chi connectivity index (χ1) is 16.6. The van der Waals surface area contributed by atoms with Crippen LogP contribution in [0.25, 0.3) is 16.6 Å². The monoisotopic (exact) mass is 458 g/mol. The topological polar surface area (TPSA) is 123 Å². The van der Waals surface area contributed by atoms with Crippen molar-refractivity contribution in [2.24, 2.45) is 0 Å². The van der Waals surface area contributed by atoms with Crippen LogP contribution in [0.3, 0.4) is 0 Å². The number of nitrogens with two attached hydrogens (primary N) is 1. The standard InChI is InChI=1S/C24H26N8O2/c1-16-3-2-4-21(28-16)30-24(33)29-18-7-5-17(6-8-18)20-13-19(14-31-9-11-34-12-10-31)32-22(20)23(25)26-15-27-32/h2-8,13,15H,9-12,14H2,1H3,(H2,25,26,27)(H2,28,29,30,33). The fourth-order valence-electron chi connectivity index (χ4n) is 4.08. The number of morpholine rings is 1. The van der Waals surface area contributed by atoms with E-state index < -0.39 is 0 Å². The molecule has 1 aliphatic heterocycles. The summed E-state index contributed by atoms with van der Waals surface area (Å²) in [7, 11) is 0. The molecule has 1 fully saturated rings. The van der Waals surface area contributed by atoms with Gasteiger partial charge in [-0.2, -0.15) is 5.10 Å². The van der Waals surface area contributed by atoms with E-state index in [0.29, 0.717) is 17.3 Å². The van der Waals surface area contributed by atoms with Gasteiger partial charge in [0.15, 0.2) is 5.82 Å². The lowest BCUT2D eigenvalue weighted by molar-refractivity contribution is 0.0334. The first-order valence-corrected chi connectivity index (χ1v) is 11.1. The van der Waals surface area contributed by atoms with Crippen LogP contribution < -0.4 is 16.4 Å². The minimum absolute atomic E-state index is 0.356. The van der Waals surface area contributed by atoms with Crippen LogP contribution in [0.2, 0.25) is 0 Å². The summed E-state index contributed by atoms with van der Waals surface area (Å²) in [6, 6.07) is 14.8. The van der Waals surface area contributed by atoms with Crippen molar-refractivity contribution in [3.63, 3.8) is 0 Å². The molecule has 4 heterocycles. The van der Waals surface area contributed by atoms with Gasteiger partial charge in [0.05, 0.1) is 18.9 Å². The molecule has 1 aliphatic rings. The predicted molar refractivity (Wildman–Crippen MR) is 131 cm³/mol. The highest BCUT2D eigenvalue weighted by molar-refractivity contribution is 5.99. The van der Waals surface area contributed by atoms with Crippen LogP contribution in [0.5, 0.6) is 0 Å². The van der Waals surface area contributed by atoms with Crippen LogP contribution in [0.15, 0.2) is 54.9 Å². The SMILES string of the molecule is Cc1cccc(NC(=O)Nc2ccc(-c3cc(CN4CCOCC4)n4ncnc(N)c34)cc2)n1. The van der Waals surface area contributed by atoms with Crippen molar-refractivity contribution >= 4 is 28.9 Å². The van der Waals surface area contributed by atoms with E-state index in [0.717, 1.165) is 60.9 Å². The third-order valence-electron chi connectivity index (χ3n) is 5.73. The Balaban J connectivity index is 1.36. The van der Waals surface area contributed by atoms with Crippen molar-refractivity contribution in [1.82, 2.24) is 24.5 Å². The van der Waals surface area contributed by atoms with Crippen LogP contribution in [-0.2, 0) is 11.3 Å². The third kappa shape index (κ3) is 4.68. The van der Waals surface area contributed by atoms with Crippen LogP contribution in [-0.4, -0.2) is 56.8 Å². The summed E-state index contributed by atoms with van der Waals surface area (Å²) in [5, 5.41) is 10.0. The molecule has 0 bridgehead atoms. The smallest absolute Gasteiger partial charge is 0.324 e. The number of nitrogens with zero attached hydrogens (tertiary/aromatic N) is 5. The van der Waals surface area contributed by atoms with Crippen LogP contribution in [0.4, 0.5) is 22.1 Å². The Kier molecular flexibility index (Phi) is 6.07. The quantitative estimate of drug-likeness (QED) is 0.420. The molecule has 2 amide bonds. The minimum atomic E-state index is -0.356. The zero-order chi connectivity index (χ0) is 23.5. The summed E-state index contributed by atoms with van der Waals surface area (Å²) >= 11 is 0. The van der Waals surface area contributed by atoms with Crippen LogP contribution in [0, 0.1) is 6.92 Å². The number of benzene rings is 1. The number of fused-ring (bicyclic) bond motifs is 1. The van der Waals surface area contributed by atoms with Crippen molar-refractivity contribution < 1.29 is 9.53 Å². The number of hydrogen-bond acceptors (Lipinski definition) is 7. The second-order valence-electron chi connectivity index (χ2n) is 8.16. The second-order valence-corrected chi connectivity index (χ2v) is 8.16. The van der Waals surface area contributed by atoms with Gasteiger partial charge in [-0.25, -0.2) is 19.3 Å². The minimum Gasteiger partial charge on any atom is -0.382 e.